The van der Waals surface area contributed by atoms with E-state index >= 15 is 0 Å². The number of halogens is 4. The van der Waals surface area contributed by atoms with Crippen LogP contribution in [0.5, 0.6) is 5.75 Å². The van der Waals surface area contributed by atoms with Crippen molar-refractivity contribution in [3.05, 3.63) is 64.1 Å². The Morgan fingerprint density at radius 1 is 1.00 bits per heavy atom. The maximum atomic E-state index is 12.3. The van der Waals surface area contributed by atoms with E-state index in [1.807, 2.05) is 24.3 Å². The van der Waals surface area contributed by atoms with E-state index in [0.29, 0.717) is 5.56 Å². The SMILES string of the molecule is CC(N)(c1cccc(Br)c1)c1cccc(OC(F)(F)F)c1. The van der Waals surface area contributed by atoms with Crippen LogP contribution in [-0.4, -0.2) is 6.36 Å². The van der Waals surface area contributed by atoms with Gasteiger partial charge < -0.3 is 10.5 Å². The summed E-state index contributed by atoms with van der Waals surface area (Å²) in [5.41, 5.74) is 6.68. The Bertz CT molecular complexity index is 641. The molecular weight excluding hydrogens is 347 g/mol. The van der Waals surface area contributed by atoms with Crippen LogP contribution in [0.4, 0.5) is 13.2 Å². The fourth-order valence-corrected chi connectivity index (χ4v) is 2.39. The average Bonchev–Trinajstić information content (AvgIpc) is 2.37. The molecule has 2 N–H and O–H groups in total. The van der Waals surface area contributed by atoms with E-state index in [4.69, 9.17) is 5.73 Å². The fraction of sp³-hybridized carbons (Fsp3) is 0.200. The van der Waals surface area contributed by atoms with Crippen LogP contribution in [0.15, 0.2) is 53.0 Å². The Labute approximate surface area is 128 Å². The molecule has 2 aromatic carbocycles. The van der Waals surface area contributed by atoms with Crippen LogP contribution in [-0.2, 0) is 5.54 Å². The number of alkyl halides is 3. The zero-order valence-electron chi connectivity index (χ0n) is 11.1. The number of hydrogen-bond donors (Lipinski definition) is 1. The molecule has 0 aliphatic heterocycles. The fourth-order valence-electron chi connectivity index (χ4n) is 1.99. The first-order valence-corrected chi connectivity index (χ1v) is 6.89. The van der Waals surface area contributed by atoms with Gasteiger partial charge in [-0.25, -0.2) is 0 Å². The van der Waals surface area contributed by atoms with Gasteiger partial charge in [-0.3, -0.25) is 0 Å². The number of benzene rings is 2. The molecule has 2 rings (SSSR count). The van der Waals surface area contributed by atoms with Crippen LogP contribution in [0, 0.1) is 0 Å². The highest BCUT2D eigenvalue weighted by molar-refractivity contribution is 9.10. The monoisotopic (exact) mass is 359 g/mol. The molecule has 0 radical (unpaired) electrons. The van der Waals surface area contributed by atoms with Crippen molar-refractivity contribution in [3.63, 3.8) is 0 Å². The van der Waals surface area contributed by atoms with Gasteiger partial charge in [0.1, 0.15) is 5.75 Å². The van der Waals surface area contributed by atoms with Crippen molar-refractivity contribution < 1.29 is 17.9 Å². The minimum atomic E-state index is -4.72. The van der Waals surface area contributed by atoms with E-state index in [1.165, 1.54) is 18.2 Å². The molecule has 0 spiro atoms. The second-order valence-electron chi connectivity index (χ2n) is 4.79. The van der Waals surface area contributed by atoms with Gasteiger partial charge in [0.15, 0.2) is 0 Å². The second kappa shape index (κ2) is 5.69. The highest BCUT2D eigenvalue weighted by Gasteiger charge is 2.32. The summed E-state index contributed by atoms with van der Waals surface area (Å²) in [4.78, 5) is 0. The zero-order valence-corrected chi connectivity index (χ0v) is 12.7. The molecule has 0 aromatic heterocycles. The van der Waals surface area contributed by atoms with Crippen molar-refractivity contribution in [2.24, 2.45) is 5.73 Å². The van der Waals surface area contributed by atoms with Gasteiger partial charge in [-0.05, 0) is 42.3 Å². The van der Waals surface area contributed by atoms with Crippen LogP contribution >= 0.6 is 15.9 Å². The lowest BCUT2D eigenvalue weighted by molar-refractivity contribution is -0.274. The molecule has 1 atom stereocenters. The minimum Gasteiger partial charge on any atom is -0.406 e. The first-order chi connectivity index (χ1) is 9.68. The van der Waals surface area contributed by atoms with Gasteiger partial charge in [0.2, 0.25) is 0 Å². The molecule has 21 heavy (non-hydrogen) atoms. The molecule has 0 saturated carbocycles. The Morgan fingerprint density at radius 3 is 2.14 bits per heavy atom. The molecule has 6 heteroatoms. The first kappa shape index (κ1) is 15.9. The van der Waals surface area contributed by atoms with E-state index in [0.717, 1.165) is 10.0 Å². The summed E-state index contributed by atoms with van der Waals surface area (Å²) in [7, 11) is 0. The third-order valence-corrected chi connectivity index (χ3v) is 3.58. The molecule has 2 aromatic rings. The summed E-state index contributed by atoms with van der Waals surface area (Å²) in [6, 6.07) is 13.0. The zero-order chi connectivity index (χ0) is 15.7. The maximum Gasteiger partial charge on any atom is 0.573 e. The van der Waals surface area contributed by atoms with E-state index < -0.39 is 11.9 Å². The summed E-state index contributed by atoms with van der Waals surface area (Å²) in [6.07, 6.45) is -4.72. The quantitative estimate of drug-likeness (QED) is 0.870. The van der Waals surface area contributed by atoms with Gasteiger partial charge in [-0.15, -0.1) is 13.2 Å². The van der Waals surface area contributed by atoms with E-state index in [9.17, 15) is 13.2 Å². The first-order valence-electron chi connectivity index (χ1n) is 6.10. The summed E-state index contributed by atoms with van der Waals surface area (Å²) < 4.78 is 41.6. The van der Waals surface area contributed by atoms with Crippen LogP contribution in [0.25, 0.3) is 0 Å². The van der Waals surface area contributed by atoms with E-state index in [-0.39, 0.29) is 5.75 Å². The summed E-state index contributed by atoms with van der Waals surface area (Å²) >= 11 is 3.35. The van der Waals surface area contributed by atoms with Gasteiger partial charge >= 0.3 is 6.36 Å². The standard InChI is InChI=1S/C15H13BrF3NO/c1-14(20,10-4-2-6-12(16)8-10)11-5-3-7-13(9-11)21-15(17,18)19/h2-9H,20H2,1H3. The Balaban J connectivity index is 2.38. The summed E-state index contributed by atoms with van der Waals surface area (Å²) in [6.45, 7) is 1.74. The molecule has 0 saturated heterocycles. The predicted octanol–water partition coefficient (Wildman–Crippen LogP) is 4.57. The second-order valence-corrected chi connectivity index (χ2v) is 5.70. The Hall–Kier alpha value is -1.53. The van der Waals surface area contributed by atoms with Gasteiger partial charge in [0.05, 0.1) is 5.54 Å². The van der Waals surface area contributed by atoms with Gasteiger partial charge in [-0.2, -0.15) is 0 Å². The van der Waals surface area contributed by atoms with Gasteiger partial charge in [-0.1, -0.05) is 40.2 Å². The Kier molecular flexibility index (Phi) is 4.30. The maximum absolute atomic E-state index is 12.3. The number of rotatable bonds is 3. The lowest BCUT2D eigenvalue weighted by atomic mass is 9.86. The molecule has 1 unspecified atom stereocenters. The molecular formula is C15H13BrF3NO. The van der Waals surface area contributed by atoms with Crippen LogP contribution < -0.4 is 10.5 Å². The minimum absolute atomic E-state index is 0.285. The third-order valence-electron chi connectivity index (χ3n) is 3.09. The highest BCUT2D eigenvalue weighted by Crippen LogP contribution is 2.31. The molecule has 0 heterocycles. The predicted molar refractivity (Wildman–Crippen MR) is 77.9 cm³/mol. The molecule has 0 aliphatic carbocycles. The Morgan fingerprint density at radius 2 is 1.57 bits per heavy atom. The van der Waals surface area contributed by atoms with Crippen molar-refractivity contribution in [2.45, 2.75) is 18.8 Å². The van der Waals surface area contributed by atoms with Crippen LogP contribution in [0.1, 0.15) is 18.1 Å². The van der Waals surface area contributed by atoms with Gasteiger partial charge in [0.25, 0.3) is 0 Å². The molecule has 0 fully saturated rings. The smallest absolute Gasteiger partial charge is 0.406 e. The molecule has 0 bridgehead atoms. The van der Waals surface area contributed by atoms with E-state index in [1.54, 1.807) is 13.0 Å². The van der Waals surface area contributed by atoms with Gasteiger partial charge in [0, 0.05) is 4.47 Å². The van der Waals surface area contributed by atoms with Crippen LogP contribution in [0.3, 0.4) is 0 Å². The number of ether oxygens (including phenoxy) is 1. The lowest BCUT2D eigenvalue weighted by Gasteiger charge is -2.26. The summed E-state index contributed by atoms with van der Waals surface area (Å²) in [5.74, 6) is -0.285. The largest absolute Gasteiger partial charge is 0.573 e. The molecule has 0 amide bonds. The van der Waals surface area contributed by atoms with Crippen molar-refractivity contribution in [1.82, 2.24) is 0 Å². The molecule has 112 valence electrons. The molecule has 0 aliphatic rings. The number of nitrogens with two attached hydrogens (primary N) is 1. The topological polar surface area (TPSA) is 35.2 Å². The average molecular weight is 360 g/mol. The normalized spacial score (nSPS) is 14.6. The van der Waals surface area contributed by atoms with E-state index in [2.05, 4.69) is 20.7 Å². The summed E-state index contributed by atoms with van der Waals surface area (Å²) in [5, 5.41) is 0. The number of hydrogen-bond acceptors (Lipinski definition) is 2. The van der Waals surface area contributed by atoms with Crippen molar-refractivity contribution in [2.75, 3.05) is 0 Å². The lowest BCUT2D eigenvalue weighted by Crippen LogP contribution is -2.34. The van der Waals surface area contributed by atoms with Crippen molar-refractivity contribution in [3.8, 4) is 5.75 Å². The highest BCUT2D eigenvalue weighted by atomic mass is 79.9. The third kappa shape index (κ3) is 3.98. The molecule has 2 nitrogen and oxygen atoms in total. The van der Waals surface area contributed by atoms with Crippen LogP contribution in [0.2, 0.25) is 0 Å². The van der Waals surface area contributed by atoms with Crippen molar-refractivity contribution >= 4 is 15.9 Å². The van der Waals surface area contributed by atoms with Crippen molar-refractivity contribution in [1.29, 1.82) is 0 Å².